The zero-order chi connectivity index (χ0) is 18.7. The highest BCUT2D eigenvalue weighted by atomic mass is 32.1. The second-order valence-electron chi connectivity index (χ2n) is 6.31. The fraction of sp³-hybridized carbons (Fsp3) is 0.211. The number of methoxy groups -OCH3 is 1. The highest BCUT2D eigenvalue weighted by molar-refractivity contribution is 7.80. The molecule has 136 valence electrons. The van der Waals surface area contributed by atoms with Crippen molar-refractivity contribution in [1.29, 1.82) is 0 Å². The number of rotatable bonds is 4. The molecule has 0 aliphatic carbocycles. The summed E-state index contributed by atoms with van der Waals surface area (Å²) < 4.78 is 25.0. The summed E-state index contributed by atoms with van der Waals surface area (Å²) in [5.74, 6) is 1.07. The predicted molar refractivity (Wildman–Crippen MR) is 105 cm³/mol. The van der Waals surface area contributed by atoms with Gasteiger partial charge in [-0.25, -0.2) is 4.39 Å². The average molecular weight is 373 g/mol. The third kappa shape index (κ3) is 4.05. The molecule has 0 radical (unpaired) electrons. The first kappa shape index (κ1) is 18.0. The van der Waals surface area contributed by atoms with Crippen molar-refractivity contribution in [2.24, 2.45) is 0 Å². The van der Waals surface area contributed by atoms with E-state index in [2.05, 4.69) is 16.2 Å². The molecule has 0 aromatic heterocycles. The third-order valence-electron chi connectivity index (χ3n) is 3.77. The van der Waals surface area contributed by atoms with Gasteiger partial charge in [-0.2, -0.15) is 0 Å². The maximum atomic E-state index is 13.7. The molecule has 0 saturated heterocycles. The van der Waals surface area contributed by atoms with Gasteiger partial charge in [0.05, 0.1) is 18.5 Å². The van der Waals surface area contributed by atoms with Crippen LogP contribution in [-0.4, -0.2) is 17.8 Å². The minimum atomic E-state index is -0.494. The molecule has 0 saturated carbocycles. The Balaban J connectivity index is 1.75. The van der Waals surface area contributed by atoms with Crippen molar-refractivity contribution in [2.75, 3.05) is 12.4 Å². The topological polar surface area (TPSA) is 54.5 Å². The maximum absolute atomic E-state index is 13.7. The van der Waals surface area contributed by atoms with Crippen molar-refractivity contribution < 1.29 is 13.9 Å². The van der Waals surface area contributed by atoms with Gasteiger partial charge in [-0.05, 0) is 62.5 Å². The van der Waals surface area contributed by atoms with E-state index in [0.29, 0.717) is 11.4 Å². The third-order valence-corrected chi connectivity index (χ3v) is 3.98. The van der Waals surface area contributed by atoms with Crippen molar-refractivity contribution in [2.45, 2.75) is 19.4 Å². The monoisotopic (exact) mass is 373 g/mol. The van der Waals surface area contributed by atoms with E-state index >= 15 is 0 Å². The summed E-state index contributed by atoms with van der Waals surface area (Å²) in [6.45, 7) is 3.91. The van der Waals surface area contributed by atoms with Crippen LogP contribution in [0.3, 0.4) is 0 Å². The van der Waals surface area contributed by atoms with Gasteiger partial charge >= 0.3 is 0 Å². The number of hydrogen-bond donors (Lipinski definition) is 3. The van der Waals surface area contributed by atoms with Gasteiger partial charge in [0.1, 0.15) is 22.9 Å². The molecule has 2 aromatic carbocycles. The molecule has 26 heavy (non-hydrogen) atoms. The molecule has 0 bridgehead atoms. The van der Waals surface area contributed by atoms with Gasteiger partial charge in [-0.15, -0.1) is 0 Å². The molecule has 0 spiro atoms. The molecule has 3 rings (SSSR count). The number of fused-ring (bicyclic) bond motifs is 1. The molecular formula is C19H20FN3O2S. The van der Waals surface area contributed by atoms with Crippen molar-refractivity contribution in [3.05, 3.63) is 59.9 Å². The van der Waals surface area contributed by atoms with Crippen molar-refractivity contribution in [3.63, 3.8) is 0 Å². The standard InChI is InChI=1S/C19H20FN3O2S/c1-19(2)11-16(13-10-12(24-3)8-9-17(13)25-19)22-23-18(26)21-15-7-5-4-6-14(15)20/h4-11,22H,1-3H3,(H2,21,23,26). The highest BCUT2D eigenvalue weighted by Crippen LogP contribution is 2.36. The number of hydrazine groups is 1. The van der Waals surface area contributed by atoms with Crippen molar-refractivity contribution in [3.8, 4) is 11.5 Å². The Morgan fingerprint density at radius 2 is 1.96 bits per heavy atom. The van der Waals surface area contributed by atoms with Gasteiger partial charge < -0.3 is 14.8 Å². The van der Waals surface area contributed by atoms with Crippen molar-refractivity contribution in [1.82, 2.24) is 10.9 Å². The zero-order valence-corrected chi connectivity index (χ0v) is 15.5. The summed E-state index contributed by atoms with van der Waals surface area (Å²) in [5, 5.41) is 3.06. The number of anilines is 1. The van der Waals surface area contributed by atoms with Crippen LogP contribution in [0.15, 0.2) is 48.5 Å². The number of nitrogens with one attached hydrogen (secondary N) is 3. The largest absolute Gasteiger partial charge is 0.497 e. The minimum absolute atomic E-state index is 0.241. The molecule has 7 heteroatoms. The summed E-state index contributed by atoms with van der Waals surface area (Å²) in [6.07, 6.45) is 1.94. The van der Waals surface area contributed by atoms with Gasteiger partial charge in [0.15, 0.2) is 5.11 Å². The maximum Gasteiger partial charge on any atom is 0.189 e. The lowest BCUT2D eigenvalue weighted by atomic mass is 9.99. The van der Waals surface area contributed by atoms with Gasteiger partial charge in [-0.1, -0.05) is 12.1 Å². The second-order valence-corrected chi connectivity index (χ2v) is 6.72. The minimum Gasteiger partial charge on any atom is -0.497 e. The summed E-state index contributed by atoms with van der Waals surface area (Å²) in [6, 6.07) is 11.9. The van der Waals surface area contributed by atoms with E-state index < -0.39 is 5.60 Å². The number of hydrogen-bond acceptors (Lipinski definition) is 4. The molecule has 0 fully saturated rings. The Hall–Kier alpha value is -2.80. The lowest BCUT2D eigenvalue weighted by Gasteiger charge is -2.31. The Morgan fingerprint density at radius 3 is 2.69 bits per heavy atom. The molecule has 0 unspecified atom stereocenters. The molecule has 0 amide bonds. The second kappa shape index (κ2) is 7.21. The molecule has 2 aromatic rings. The lowest BCUT2D eigenvalue weighted by molar-refractivity contribution is 0.157. The molecule has 1 heterocycles. The number of para-hydroxylation sites is 1. The molecule has 5 nitrogen and oxygen atoms in total. The Kier molecular flexibility index (Phi) is 4.99. The van der Waals surface area contributed by atoms with Crippen LogP contribution in [0.5, 0.6) is 11.5 Å². The quantitative estimate of drug-likeness (QED) is 0.559. The SMILES string of the molecule is COc1ccc2c(c1)C(NNC(=S)Nc1ccccc1F)=CC(C)(C)O2. The van der Waals surface area contributed by atoms with E-state index in [9.17, 15) is 4.39 Å². The van der Waals surface area contributed by atoms with Crippen molar-refractivity contribution >= 4 is 28.7 Å². The van der Waals surface area contributed by atoms with E-state index in [1.807, 2.05) is 38.1 Å². The number of halogens is 1. The van der Waals surface area contributed by atoms with Gasteiger partial charge in [0, 0.05) is 5.56 Å². The van der Waals surface area contributed by atoms with Crippen LogP contribution >= 0.6 is 12.2 Å². The summed E-state index contributed by atoms with van der Waals surface area (Å²) in [7, 11) is 1.61. The Morgan fingerprint density at radius 1 is 1.19 bits per heavy atom. The van der Waals surface area contributed by atoms with Crippen LogP contribution in [0.25, 0.3) is 5.70 Å². The van der Waals surface area contributed by atoms with Gasteiger partial charge in [0.25, 0.3) is 0 Å². The number of benzene rings is 2. The average Bonchev–Trinajstić information content (AvgIpc) is 2.60. The zero-order valence-electron chi connectivity index (χ0n) is 14.7. The molecule has 0 atom stereocenters. The fourth-order valence-corrected chi connectivity index (χ4v) is 2.78. The summed E-state index contributed by atoms with van der Waals surface area (Å²) in [5.41, 5.74) is 7.39. The lowest BCUT2D eigenvalue weighted by Crippen LogP contribution is -2.41. The molecular weight excluding hydrogens is 353 g/mol. The van der Waals surface area contributed by atoms with Gasteiger partial charge in [0.2, 0.25) is 0 Å². The van der Waals surface area contributed by atoms with E-state index in [1.54, 1.807) is 25.3 Å². The summed E-state index contributed by atoms with van der Waals surface area (Å²) >= 11 is 5.23. The predicted octanol–water partition coefficient (Wildman–Crippen LogP) is 3.84. The first-order valence-electron chi connectivity index (χ1n) is 8.06. The fourth-order valence-electron chi connectivity index (χ4n) is 2.62. The first-order chi connectivity index (χ1) is 12.4. The van der Waals surface area contributed by atoms with E-state index in [4.69, 9.17) is 21.7 Å². The number of ether oxygens (including phenoxy) is 2. The molecule has 1 aliphatic rings. The summed E-state index contributed by atoms with van der Waals surface area (Å²) in [4.78, 5) is 0. The van der Waals surface area contributed by atoms with Crippen LogP contribution in [0.4, 0.5) is 10.1 Å². The van der Waals surface area contributed by atoms with Crippen LogP contribution in [0.1, 0.15) is 19.4 Å². The molecule has 3 N–H and O–H groups in total. The van der Waals surface area contributed by atoms with Gasteiger partial charge in [-0.3, -0.25) is 10.9 Å². The molecule has 1 aliphatic heterocycles. The first-order valence-corrected chi connectivity index (χ1v) is 8.46. The van der Waals surface area contributed by atoms with E-state index in [1.165, 1.54) is 6.07 Å². The van der Waals surface area contributed by atoms with Crippen LogP contribution in [0.2, 0.25) is 0 Å². The normalized spacial score (nSPS) is 14.4. The van der Waals surface area contributed by atoms with Crippen LogP contribution in [-0.2, 0) is 0 Å². The Bertz CT molecular complexity index is 868. The smallest absolute Gasteiger partial charge is 0.189 e. The van der Waals surface area contributed by atoms with Crippen LogP contribution < -0.4 is 25.6 Å². The Labute approximate surface area is 157 Å². The number of thiocarbonyl (C=S) groups is 1. The van der Waals surface area contributed by atoms with E-state index in [0.717, 1.165) is 17.0 Å². The van der Waals surface area contributed by atoms with Crippen LogP contribution in [0, 0.1) is 5.82 Å². The highest BCUT2D eigenvalue weighted by Gasteiger charge is 2.27. The van der Waals surface area contributed by atoms with E-state index in [-0.39, 0.29) is 10.9 Å².